The highest BCUT2D eigenvalue weighted by atomic mass is 16.5. The first-order valence-electron chi connectivity index (χ1n) is 6.30. The Kier molecular flexibility index (Phi) is 3.43. The molecule has 2 rings (SSSR count). The van der Waals surface area contributed by atoms with Gasteiger partial charge in [0.25, 0.3) is 0 Å². The van der Waals surface area contributed by atoms with Crippen molar-refractivity contribution in [2.24, 2.45) is 5.41 Å². The first-order valence-corrected chi connectivity index (χ1v) is 6.30. The van der Waals surface area contributed by atoms with Crippen molar-refractivity contribution in [3.05, 3.63) is 11.9 Å². The lowest BCUT2D eigenvalue weighted by molar-refractivity contribution is -0.0795. The molecule has 1 saturated carbocycles. The average Bonchev–Trinajstić information content (AvgIpc) is 2.33. The van der Waals surface area contributed by atoms with Crippen molar-refractivity contribution >= 4 is 11.6 Å². The molecular formula is C13H22N4O. The van der Waals surface area contributed by atoms with E-state index < -0.39 is 0 Å². The molecule has 2 atom stereocenters. The van der Waals surface area contributed by atoms with Gasteiger partial charge in [-0.25, -0.2) is 9.97 Å². The fourth-order valence-electron chi connectivity index (χ4n) is 2.48. The lowest BCUT2D eigenvalue weighted by atomic mass is 9.64. The zero-order chi connectivity index (χ0) is 13.3. The highest BCUT2D eigenvalue weighted by Gasteiger charge is 2.48. The molecule has 0 bridgehead atoms. The molecule has 18 heavy (non-hydrogen) atoms. The molecule has 5 heteroatoms. The number of nitrogens with zero attached hydrogens (tertiary/aromatic N) is 2. The van der Waals surface area contributed by atoms with Crippen LogP contribution in [-0.2, 0) is 4.74 Å². The van der Waals surface area contributed by atoms with E-state index >= 15 is 0 Å². The number of nitrogens with one attached hydrogen (secondary N) is 2. The van der Waals surface area contributed by atoms with Gasteiger partial charge in [0, 0.05) is 31.7 Å². The van der Waals surface area contributed by atoms with Crippen LogP contribution in [0.25, 0.3) is 0 Å². The minimum atomic E-state index is 0.132. The fraction of sp³-hybridized carbons (Fsp3) is 0.692. The second-order valence-electron chi connectivity index (χ2n) is 5.41. The molecule has 1 aromatic rings. The molecule has 100 valence electrons. The summed E-state index contributed by atoms with van der Waals surface area (Å²) in [5.41, 5.74) is 0.132. The van der Waals surface area contributed by atoms with Crippen molar-refractivity contribution in [2.45, 2.75) is 39.3 Å². The maximum Gasteiger partial charge on any atom is 0.132 e. The molecule has 1 aromatic heterocycles. The zero-order valence-electron chi connectivity index (χ0n) is 11.7. The van der Waals surface area contributed by atoms with Crippen LogP contribution in [0, 0.1) is 12.3 Å². The van der Waals surface area contributed by atoms with Gasteiger partial charge in [0.05, 0.1) is 6.10 Å². The first-order chi connectivity index (χ1) is 8.47. The highest BCUT2D eigenvalue weighted by Crippen LogP contribution is 2.43. The summed E-state index contributed by atoms with van der Waals surface area (Å²) in [6.07, 6.45) is 1.34. The Morgan fingerprint density at radius 3 is 2.56 bits per heavy atom. The Hall–Kier alpha value is -1.36. The van der Waals surface area contributed by atoms with Crippen LogP contribution < -0.4 is 10.6 Å². The van der Waals surface area contributed by atoms with Gasteiger partial charge in [-0.1, -0.05) is 13.8 Å². The number of aryl methyl sites for hydroxylation is 1. The highest BCUT2D eigenvalue weighted by molar-refractivity contribution is 5.48. The van der Waals surface area contributed by atoms with Gasteiger partial charge in [0.1, 0.15) is 17.5 Å². The molecule has 1 fully saturated rings. The summed E-state index contributed by atoms with van der Waals surface area (Å²) >= 11 is 0. The number of methoxy groups -OCH3 is 1. The van der Waals surface area contributed by atoms with Gasteiger partial charge in [-0.3, -0.25) is 0 Å². The van der Waals surface area contributed by atoms with Crippen LogP contribution in [-0.4, -0.2) is 36.3 Å². The van der Waals surface area contributed by atoms with E-state index in [4.69, 9.17) is 4.74 Å². The summed E-state index contributed by atoms with van der Waals surface area (Å²) in [5.74, 6) is 2.48. The Morgan fingerprint density at radius 1 is 1.33 bits per heavy atom. The number of aromatic nitrogens is 2. The Bertz CT molecular complexity index is 433. The van der Waals surface area contributed by atoms with Crippen molar-refractivity contribution in [1.82, 2.24) is 9.97 Å². The molecular weight excluding hydrogens is 228 g/mol. The lowest BCUT2D eigenvalue weighted by Crippen LogP contribution is -2.57. The van der Waals surface area contributed by atoms with Crippen molar-refractivity contribution in [3.63, 3.8) is 0 Å². The molecule has 0 spiro atoms. The number of ether oxygens (including phenoxy) is 1. The normalized spacial score (nSPS) is 25.4. The smallest absolute Gasteiger partial charge is 0.132 e. The molecule has 5 nitrogen and oxygen atoms in total. The maximum absolute atomic E-state index is 5.45. The van der Waals surface area contributed by atoms with E-state index in [1.807, 2.05) is 20.0 Å². The van der Waals surface area contributed by atoms with Gasteiger partial charge in [0.2, 0.25) is 0 Å². The molecule has 2 unspecified atom stereocenters. The predicted molar refractivity (Wildman–Crippen MR) is 72.9 cm³/mol. The van der Waals surface area contributed by atoms with Crippen LogP contribution in [0.1, 0.15) is 26.1 Å². The third-order valence-corrected chi connectivity index (χ3v) is 3.88. The van der Waals surface area contributed by atoms with E-state index in [0.717, 1.165) is 23.9 Å². The third-order valence-electron chi connectivity index (χ3n) is 3.88. The maximum atomic E-state index is 5.45. The molecule has 0 aromatic carbocycles. The minimum absolute atomic E-state index is 0.132. The van der Waals surface area contributed by atoms with Gasteiger partial charge in [-0.05, 0) is 13.3 Å². The molecule has 1 aliphatic rings. The predicted octanol–water partition coefficient (Wildman–Crippen LogP) is 2.05. The minimum Gasteiger partial charge on any atom is -0.381 e. The SMILES string of the molecule is CNc1cc(NC2CC(OC)C2(C)C)nc(C)n1. The Labute approximate surface area is 108 Å². The van der Waals surface area contributed by atoms with Crippen LogP contribution in [0.3, 0.4) is 0 Å². The number of hydrogen-bond acceptors (Lipinski definition) is 5. The first kappa shape index (κ1) is 13.1. The van der Waals surface area contributed by atoms with Crippen LogP contribution in [0.4, 0.5) is 11.6 Å². The summed E-state index contributed by atoms with van der Waals surface area (Å²) < 4.78 is 5.45. The quantitative estimate of drug-likeness (QED) is 0.856. The van der Waals surface area contributed by atoms with Crippen molar-refractivity contribution in [3.8, 4) is 0 Å². The van der Waals surface area contributed by atoms with E-state index in [0.29, 0.717) is 12.1 Å². The monoisotopic (exact) mass is 250 g/mol. The summed E-state index contributed by atoms with van der Waals surface area (Å²) in [6, 6.07) is 2.32. The van der Waals surface area contributed by atoms with E-state index in [9.17, 15) is 0 Å². The summed E-state index contributed by atoms with van der Waals surface area (Å²) in [7, 11) is 3.64. The van der Waals surface area contributed by atoms with E-state index in [-0.39, 0.29) is 5.41 Å². The van der Waals surface area contributed by atoms with Crippen LogP contribution in [0.15, 0.2) is 6.07 Å². The number of rotatable bonds is 4. The molecule has 1 aliphatic carbocycles. The average molecular weight is 250 g/mol. The van der Waals surface area contributed by atoms with E-state index in [1.54, 1.807) is 7.11 Å². The van der Waals surface area contributed by atoms with Crippen LogP contribution in [0.2, 0.25) is 0 Å². The third kappa shape index (κ3) is 2.27. The van der Waals surface area contributed by atoms with Gasteiger partial charge in [0.15, 0.2) is 0 Å². The Balaban J connectivity index is 2.09. The second-order valence-corrected chi connectivity index (χ2v) is 5.41. The van der Waals surface area contributed by atoms with Gasteiger partial charge >= 0.3 is 0 Å². The van der Waals surface area contributed by atoms with Crippen molar-refractivity contribution in [1.29, 1.82) is 0 Å². The van der Waals surface area contributed by atoms with Crippen molar-refractivity contribution in [2.75, 3.05) is 24.8 Å². The van der Waals surface area contributed by atoms with Crippen LogP contribution >= 0.6 is 0 Å². The van der Waals surface area contributed by atoms with E-state index in [1.165, 1.54) is 0 Å². The topological polar surface area (TPSA) is 59.1 Å². The lowest BCUT2D eigenvalue weighted by Gasteiger charge is -2.51. The van der Waals surface area contributed by atoms with Gasteiger partial charge < -0.3 is 15.4 Å². The van der Waals surface area contributed by atoms with Crippen LogP contribution in [0.5, 0.6) is 0 Å². The zero-order valence-corrected chi connectivity index (χ0v) is 11.7. The molecule has 2 N–H and O–H groups in total. The largest absolute Gasteiger partial charge is 0.381 e. The summed E-state index contributed by atoms with van der Waals surface area (Å²) in [4.78, 5) is 8.70. The van der Waals surface area contributed by atoms with Gasteiger partial charge in [-0.2, -0.15) is 0 Å². The summed E-state index contributed by atoms with van der Waals surface area (Å²) in [6.45, 7) is 6.33. The molecule has 0 aliphatic heterocycles. The fourth-order valence-corrected chi connectivity index (χ4v) is 2.48. The molecule has 0 saturated heterocycles. The van der Waals surface area contributed by atoms with Gasteiger partial charge in [-0.15, -0.1) is 0 Å². The van der Waals surface area contributed by atoms with E-state index in [2.05, 4.69) is 34.4 Å². The number of anilines is 2. The Morgan fingerprint density at radius 2 is 2.00 bits per heavy atom. The summed E-state index contributed by atoms with van der Waals surface area (Å²) in [5, 5.41) is 6.52. The van der Waals surface area contributed by atoms with Crippen molar-refractivity contribution < 1.29 is 4.74 Å². The molecule has 1 heterocycles. The number of hydrogen-bond donors (Lipinski definition) is 2. The molecule has 0 radical (unpaired) electrons. The second kappa shape index (κ2) is 4.72. The standard InChI is InChI=1S/C13H22N4O/c1-8-15-11(14-4)7-12(16-8)17-9-6-10(18-5)13(9,2)3/h7,9-10H,6H2,1-5H3,(H2,14,15,16,17). The molecule has 0 amide bonds.